The highest BCUT2D eigenvalue weighted by molar-refractivity contribution is 14.1. The molecule has 12 heavy (non-hydrogen) atoms. The van der Waals surface area contributed by atoms with Gasteiger partial charge in [0.25, 0.3) is 0 Å². The monoisotopic (exact) mass is 354 g/mol. The van der Waals surface area contributed by atoms with Crippen LogP contribution >= 0.6 is 49.9 Å². The Labute approximate surface area is 95.4 Å². The molecule has 0 spiro atoms. The average Bonchev–Trinajstić information content (AvgIpc) is 2.41. The van der Waals surface area contributed by atoms with E-state index < -0.39 is 0 Å². The zero-order valence-corrected chi connectivity index (χ0v) is 10.4. The van der Waals surface area contributed by atoms with Gasteiger partial charge in [-0.2, -0.15) is 0 Å². The molecule has 0 radical (unpaired) electrons. The van der Waals surface area contributed by atoms with Crippen LogP contribution in [0, 0.1) is 3.57 Å². The summed E-state index contributed by atoms with van der Waals surface area (Å²) in [5.41, 5.74) is 6.57. The summed E-state index contributed by atoms with van der Waals surface area (Å²) >= 11 is 7.23. The summed E-state index contributed by atoms with van der Waals surface area (Å²) in [7, 11) is 0. The summed E-state index contributed by atoms with van der Waals surface area (Å²) in [6, 6.07) is 4.04. The average molecular weight is 355 g/mol. The molecule has 0 fully saturated rings. The fourth-order valence-electron chi connectivity index (χ4n) is 0.961. The molecular weight excluding hydrogens is 351 g/mol. The molecule has 0 unspecified atom stereocenters. The highest BCUT2D eigenvalue weighted by Gasteiger charge is 2.07. The molecule has 1 heterocycles. The Balaban J connectivity index is 2.93. The minimum atomic E-state index is 0.620. The van der Waals surface area contributed by atoms with Gasteiger partial charge in [-0.3, -0.25) is 0 Å². The molecule has 62 valence electrons. The zero-order chi connectivity index (χ0) is 8.72. The fraction of sp³-hybridized carbons (Fsp3) is 0. The van der Waals surface area contributed by atoms with Crippen LogP contribution in [0.3, 0.4) is 0 Å². The summed E-state index contributed by atoms with van der Waals surface area (Å²) in [5, 5.41) is 0.620. The first kappa shape index (κ1) is 8.71. The van der Waals surface area contributed by atoms with Gasteiger partial charge in [-0.25, -0.2) is 4.98 Å². The topological polar surface area (TPSA) is 38.9 Å². The predicted octanol–water partition coefficient (Wildman–Crippen LogP) is 3.25. The highest BCUT2D eigenvalue weighted by Crippen LogP contribution is 2.32. The van der Waals surface area contributed by atoms with Gasteiger partial charge in [-0.05, 0) is 50.7 Å². The molecule has 5 heteroatoms. The maximum atomic E-state index is 5.61. The molecule has 0 aliphatic heterocycles. The molecule has 2 aromatic rings. The van der Waals surface area contributed by atoms with Crippen LogP contribution in [0.5, 0.6) is 0 Å². The summed E-state index contributed by atoms with van der Waals surface area (Å²) in [4.78, 5) is 4.22. The SMILES string of the molecule is Nc1nc2c(Br)ccc(I)c2s1. The van der Waals surface area contributed by atoms with Gasteiger partial charge in [0, 0.05) is 8.04 Å². The maximum Gasteiger partial charge on any atom is 0.181 e. The van der Waals surface area contributed by atoms with Crippen molar-refractivity contribution in [3.63, 3.8) is 0 Å². The zero-order valence-electron chi connectivity index (χ0n) is 5.84. The molecule has 0 saturated carbocycles. The molecular formula is C7H4BrIN2S. The fourth-order valence-corrected chi connectivity index (χ4v) is 3.04. The van der Waals surface area contributed by atoms with E-state index in [1.165, 1.54) is 14.9 Å². The van der Waals surface area contributed by atoms with Crippen molar-refractivity contribution in [2.24, 2.45) is 0 Å². The van der Waals surface area contributed by atoms with Crippen molar-refractivity contribution in [3.05, 3.63) is 20.2 Å². The Morgan fingerprint density at radius 1 is 1.50 bits per heavy atom. The van der Waals surface area contributed by atoms with Crippen molar-refractivity contribution >= 4 is 65.2 Å². The minimum Gasteiger partial charge on any atom is -0.375 e. The number of aromatic nitrogens is 1. The third-order valence-electron chi connectivity index (χ3n) is 1.46. The van der Waals surface area contributed by atoms with Gasteiger partial charge in [-0.15, -0.1) is 0 Å². The van der Waals surface area contributed by atoms with Crippen molar-refractivity contribution in [2.45, 2.75) is 0 Å². The minimum absolute atomic E-state index is 0.620. The van der Waals surface area contributed by atoms with E-state index in [1.807, 2.05) is 12.1 Å². The Morgan fingerprint density at radius 2 is 2.25 bits per heavy atom. The van der Waals surface area contributed by atoms with Crippen molar-refractivity contribution in [1.29, 1.82) is 0 Å². The largest absolute Gasteiger partial charge is 0.375 e. The first-order chi connectivity index (χ1) is 5.68. The van der Waals surface area contributed by atoms with Gasteiger partial charge >= 0.3 is 0 Å². The quantitative estimate of drug-likeness (QED) is 0.737. The van der Waals surface area contributed by atoms with E-state index in [4.69, 9.17) is 5.73 Å². The molecule has 2 N–H and O–H groups in total. The third-order valence-corrected chi connectivity index (χ3v) is 4.29. The van der Waals surface area contributed by atoms with Gasteiger partial charge in [-0.1, -0.05) is 11.3 Å². The first-order valence-corrected chi connectivity index (χ1v) is 5.87. The Bertz CT molecular complexity index is 401. The Hall–Kier alpha value is 0.120. The summed E-state index contributed by atoms with van der Waals surface area (Å²) in [6.07, 6.45) is 0. The standard InChI is InChI=1S/C7H4BrIN2S/c8-3-1-2-4(9)6-5(3)11-7(10)12-6/h1-2H,(H2,10,11). The number of nitrogens with two attached hydrogens (primary N) is 1. The molecule has 0 aliphatic rings. The molecule has 0 aliphatic carbocycles. The lowest BCUT2D eigenvalue weighted by Gasteiger charge is -1.93. The molecule has 0 bridgehead atoms. The van der Waals surface area contributed by atoms with Crippen LogP contribution in [-0.4, -0.2) is 4.98 Å². The smallest absolute Gasteiger partial charge is 0.181 e. The lowest BCUT2D eigenvalue weighted by atomic mass is 10.3. The van der Waals surface area contributed by atoms with E-state index in [0.717, 1.165) is 14.7 Å². The van der Waals surface area contributed by atoms with E-state index in [2.05, 4.69) is 43.5 Å². The number of fused-ring (bicyclic) bond motifs is 1. The number of hydrogen-bond donors (Lipinski definition) is 1. The van der Waals surface area contributed by atoms with Crippen LogP contribution in [-0.2, 0) is 0 Å². The summed E-state index contributed by atoms with van der Waals surface area (Å²) in [5.74, 6) is 0. The molecule has 0 atom stereocenters. The molecule has 0 amide bonds. The van der Waals surface area contributed by atoms with Crippen LogP contribution in [0.15, 0.2) is 16.6 Å². The Morgan fingerprint density at radius 3 is 2.92 bits per heavy atom. The van der Waals surface area contributed by atoms with Crippen LogP contribution < -0.4 is 5.73 Å². The molecule has 2 nitrogen and oxygen atoms in total. The van der Waals surface area contributed by atoms with E-state index in [1.54, 1.807) is 0 Å². The van der Waals surface area contributed by atoms with Crippen molar-refractivity contribution < 1.29 is 0 Å². The predicted molar refractivity (Wildman–Crippen MR) is 64.4 cm³/mol. The molecule has 1 aromatic carbocycles. The summed E-state index contributed by atoms with van der Waals surface area (Å²) < 4.78 is 3.35. The number of thiazole rings is 1. The number of anilines is 1. The number of benzene rings is 1. The van der Waals surface area contributed by atoms with Gasteiger partial charge in [0.15, 0.2) is 5.13 Å². The van der Waals surface area contributed by atoms with Gasteiger partial charge in [0.2, 0.25) is 0 Å². The first-order valence-electron chi connectivity index (χ1n) is 3.18. The van der Waals surface area contributed by atoms with Crippen LogP contribution in [0.2, 0.25) is 0 Å². The van der Waals surface area contributed by atoms with Crippen LogP contribution in [0.4, 0.5) is 5.13 Å². The number of halogens is 2. The number of hydrogen-bond acceptors (Lipinski definition) is 3. The molecule has 1 aromatic heterocycles. The second-order valence-electron chi connectivity index (χ2n) is 2.26. The normalized spacial score (nSPS) is 10.8. The third kappa shape index (κ3) is 1.33. The van der Waals surface area contributed by atoms with E-state index >= 15 is 0 Å². The molecule has 0 saturated heterocycles. The lowest BCUT2D eigenvalue weighted by molar-refractivity contribution is 1.48. The van der Waals surface area contributed by atoms with Crippen molar-refractivity contribution in [2.75, 3.05) is 5.73 Å². The van der Waals surface area contributed by atoms with Crippen LogP contribution in [0.1, 0.15) is 0 Å². The lowest BCUT2D eigenvalue weighted by Crippen LogP contribution is -1.79. The highest BCUT2D eigenvalue weighted by atomic mass is 127. The summed E-state index contributed by atoms with van der Waals surface area (Å²) in [6.45, 7) is 0. The maximum absolute atomic E-state index is 5.61. The second kappa shape index (κ2) is 3.12. The van der Waals surface area contributed by atoms with Crippen molar-refractivity contribution in [1.82, 2.24) is 4.98 Å². The van der Waals surface area contributed by atoms with Gasteiger partial charge < -0.3 is 5.73 Å². The molecule has 2 rings (SSSR count). The number of nitrogen functional groups attached to an aromatic ring is 1. The van der Waals surface area contributed by atoms with Gasteiger partial charge in [0.1, 0.15) is 0 Å². The van der Waals surface area contributed by atoms with E-state index in [9.17, 15) is 0 Å². The Kier molecular flexibility index (Phi) is 2.26. The van der Waals surface area contributed by atoms with E-state index in [-0.39, 0.29) is 0 Å². The van der Waals surface area contributed by atoms with E-state index in [0.29, 0.717) is 5.13 Å². The van der Waals surface area contributed by atoms with Crippen LogP contribution in [0.25, 0.3) is 10.2 Å². The number of nitrogens with zero attached hydrogens (tertiary/aromatic N) is 1. The second-order valence-corrected chi connectivity index (χ2v) is 5.31. The van der Waals surface area contributed by atoms with Crippen molar-refractivity contribution in [3.8, 4) is 0 Å². The van der Waals surface area contributed by atoms with Gasteiger partial charge in [0.05, 0.1) is 10.2 Å². The number of rotatable bonds is 0.